The summed E-state index contributed by atoms with van der Waals surface area (Å²) in [4.78, 5) is 2.53. The Morgan fingerprint density at radius 2 is 0.825 bits per heavy atom. The van der Waals surface area contributed by atoms with Gasteiger partial charge >= 0.3 is 0 Å². The second-order valence-corrected chi connectivity index (χ2v) is 18.3. The summed E-state index contributed by atoms with van der Waals surface area (Å²) in [5, 5.41) is 2.71. The fraction of sp³-hybridized carbons (Fsp3) is 0.0645. The van der Waals surface area contributed by atoms with Crippen molar-refractivity contribution in [2.45, 2.75) is 24.7 Å². The van der Waals surface area contributed by atoms with Crippen LogP contribution in [0.4, 0.5) is 17.1 Å². The molecule has 294 valence electrons. The first-order chi connectivity index (χ1) is 31.0. The van der Waals surface area contributed by atoms with E-state index in [2.05, 4.69) is 231 Å². The largest absolute Gasteiger partial charge is 0.310 e. The van der Waals surface area contributed by atoms with Crippen LogP contribution in [0.3, 0.4) is 0 Å². The topological polar surface area (TPSA) is 3.24 Å². The number of benzene rings is 10. The highest BCUT2D eigenvalue weighted by molar-refractivity contribution is 6.21. The molecule has 0 N–H and O–H groups in total. The Kier molecular flexibility index (Phi) is 6.89. The Morgan fingerprint density at radius 1 is 0.317 bits per heavy atom. The van der Waals surface area contributed by atoms with Crippen molar-refractivity contribution in [2.75, 3.05) is 4.90 Å². The SMILES string of the molecule is CC1(C)c2ccccc2-c2ccc(N(c3ccc4c(c3)C3(c5ccccc5-4)c4ccccc4-c4c3cc3c5c(cccc45)-c4ccccc4-3)c3ccccc3-c3ccccc3)cc21. The van der Waals surface area contributed by atoms with Crippen molar-refractivity contribution in [3.05, 3.63) is 246 Å². The standard InChI is InChI=1S/C62H41N/c1-61(2)52-27-12-8-22-44(52)46-33-31-39(35-55(46)61)63(58-30-15-11-19-41(58)38-17-4-3-5-18-38)40-32-34-47-45-23-9-13-28-53(45)62(56(47)36-40)54-29-14-10-24-49(54)60-50-26-16-25-48-42-20-6-7-21-43(42)51(59(48)50)37-57(60)62/h3-37H,1-2H3. The molecule has 0 saturated carbocycles. The third kappa shape index (κ3) is 4.41. The van der Waals surface area contributed by atoms with Crippen LogP contribution in [0, 0.1) is 0 Å². The average Bonchev–Trinajstić information content (AvgIpc) is 4.00. The fourth-order valence-electron chi connectivity index (χ4n) is 12.4. The summed E-state index contributed by atoms with van der Waals surface area (Å²) in [6.45, 7) is 4.76. The lowest BCUT2D eigenvalue weighted by Crippen LogP contribution is -2.26. The molecule has 10 aromatic carbocycles. The van der Waals surface area contributed by atoms with Gasteiger partial charge in [0, 0.05) is 22.4 Å². The summed E-state index contributed by atoms with van der Waals surface area (Å²) in [5.41, 5.74) is 26.6. The van der Waals surface area contributed by atoms with E-state index in [4.69, 9.17) is 0 Å². The number of hydrogen-bond donors (Lipinski definition) is 0. The molecule has 0 heterocycles. The van der Waals surface area contributed by atoms with E-state index in [0.29, 0.717) is 0 Å². The molecule has 1 heteroatoms. The molecule has 1 unspecified atom stereocenters. The summed E-state index contributed by atoms with van der Waals surface area (Å²) >= 11 is 0. The van der Waals surface area contributed by atoms with Crippen LogP contribution in [0.2, 0.25) is 0 Å². The van der Waals surface area contributed by atoms with Crippen LogP contribution in [0.1, 0.15) is 47.2 Å². The van der Waals surface area contributed by atoms with E-state index in [0.717, 1.165) is 17.1 Å². The quantitative estimate of drug-likeness (QED) is 0.171. The monoisotopic (exact) mass is 799 g/mol. The van der Waals surface area contributed by atoms with E-state index in [1.54, 1.807) is 0 Å². The molecule has 4 aliphatic rings. The number of fused-ring (bicyclic) bond motifs is 17. The fourth-order valence-corrected chi connectivity index (χ4v) is 12.4. The summed E-state index contributed by atoms with van der Waals surface area (Å²) in [7, 11) is 0. The van der Waals surface area contributed by atoms with Crippen molar-refractivity contribution in [1.82, 2.24) is 0 Å². The predicted molar refractivity (Wildman–Crippen MR) is 262 cm³/mol. The molecule has 0 radical (unpaired) electrons. The summed E-state index contributed by atoms with van der Waals surface area (Å²) in [5.74, 6) is 0. The highest BCUT2D eigenvalue weighted by Gasteiger charge is 2.53. The average molecular weight is 800 g/mol. The first-order valence-corrected chi connectivity index (χ1v) is 22.3. The van der Waals surface area contributed by atoms with E-state index < -0.39 is 5.41 Å². The van der Waals surface area contributed by atoms with Gasteiger partial charge in [0.25, 0.3) is 0 Å². The van der Waals surface area contributed by atoms with Gasteiger partial charge in [-0.1, -0.05) is 190 Å². The molecular formula is C62H41N. The van der Waals surface area contributed by atoms with Crippen LogP contribution in [-0.4, -0.2) is 0 Å². The molecular weight excluding hydrogens is 759 g/mol. The lowest BCUT2D eigenvalue weighted by atomic mass is 9.70. The zero-order valence-electron chi connectivity index (χ0n) is 35.2. The van der Waals surface area contributed by atoms with E-state index >= 15 is 0 Å². The van der Waals surface area contributed by atoms with Crippen molar-refractivity contribution in [1.29, 1.82) is 0 Å². The predicted octanol–water partition coefficient (Wildman–Crippen LogP) is 16.3. The number of anilines is 3. The van der Waals surface area contributed by atoms with E-state index in [-0.39, 0.29) is 5.41 Å². The Bertz CT molecular complexity index is 3610. The zero-order valence-corrected chi connectivity index (χ0v) is 35.2. The minimum absolute atomic E-state index is 0.143. The molecule has 0 aromatic heterocycles. The van der Waals surface area contributed by atoms with Crippen molar-refractivity contribution in [3.63, 3.8) is 0 Å². The van der Waals surface area contributed by atoms with E-state index in [1.165, 1.54) is 111 Å². The van der Waals surface area contributed by atoms with Gasteiger partial charge in [-0.15, -0.1) is 0 Å². The smallest absolute Gasteiger partial charge is 0.0726 e. The minimum atomic E-state index is -0.529. The van der Waals surface area contributed by atoms with Crippen LogP contribution >= 0.6 is 0 Å². The Balaban J connectivity index is 1.07. The molecule has 1 spiro atoms. The first kappa shape index (κ1) is 34.9. The van der Waals surface area contributed by atoms with Crippen LogP contribution in [-0.2, 0) is 10.8 Å². The van der Waals surface area contributed by atoms with Crippen molar-refractivity contribution >= 4 is 27.8 Å². The van der Waals surface area contributed by atoms with Crippen LogP contribution in [0.25, 0.3) is 77.5 Å². The van der Waals surface area contributed by atoms with Crippen molar-refractivity contribution < 1.29 is 0 Å². The second-order valence-electron chi connectivity index (χ2n) is 18.3. The number of nitrogens with zero attached hydrogens (tertiary/aromatic N) is 1. The molecule has 10 aromatic rings. The molecule has 4 aliphatic carbocycles. The van der Waals surface area contributed by atoms with Gasteiger partial charge in [0.05, 0.1) is 11.1 Å². The maximum absolute atomic E-state index is 2.58. The first-order valence-electron chi connectivity index (χ1n) is 22.3. The van der Waals surface area contributed by atoms with Crippen LogP contribution in [0.15, 0.2) is 212 Å². The van der Waals surface area contributed by atoms with Gasteiger partial charge in [0.15, 0.2) is 0 Å². The van der Waals surface area contributed by atoms with Gasteiger partial charge in [-0.3, -0.25) is 0 Å². The van der Waals surface area contributed by atoms with Crippen LogP contribution < -0.4 is 4.90 Å². The van der Waals surface area contributed by atoms with Gasteiger partial charge in [-0.2, -0.15) is 0 Å². The van der Waals surface area contributed by atoms with E-state index in [9.17, 15) is 0 Å². The lowest BCUT2D eigenvalue weighted by Gasteiger charge is -2.33. The highest BCUT2D eigenvalue weighted by atomic mass is 15.1. The molecule has 1 atom stereocenters. The molecule has 14 rings (SSSR count). The van der Waals surface area contributed by atoms with Gasteiger partial charge in [-0.05, 0) is 142 Å². The number of rotatable bonds is 4. The molecule has 0 amide bonds. The van der Waals surface area contributed by atoms with E-state index in [1.807, 2.05) is 0 Å². The van der Waals surface area contributed by atoms with Gasteiger partial charge in [0.1, 0.15) is 0 Å². The number of para-hydroxylation sites is 1. The second kappa shape index (κ2) is 12.4. The summed E-state index contributed by atoms with van der Waals surface area (Å²) in [6.07, 6.45) is 0. The Labute approximate surface area is 368 Å². The minimum Gasteiger partial charge on any atom is -0.310 e. The maximum Gasteiger partial charge on any atom is 0.0726 e. The molecule has 0 aliphatic heterocycles. The van der Waals surface area contributed by atoms with Gasteiger partial charge in [0.2, 0.25) is 0 Å². The summed E-state index contributed by atoms with van der Waals surface area (Å²) in [6, 6.07) is 80.3. The van der Waals surface area contributed by atoms with Gasteiger partial charge < -0.3 is 4.90 Å². The van der Waals surface area contributed by atoms with Crippen LogP contribution in [0.5, 0.6) is 0 Å². The Morgan fingerprint density at radius 3 is 1.56 bits per heavy atom. The number of hydrogen-bond acceptors (Lipinski definition) is 1. The third-order valence-electron chi connectivity index (χ3n) is 15.0. The highest BCUT2D eigenvalue weighted by Crippen LogP contribution is 2.66. The molecule has 0 saturated heterocycles. The molecule has 1 nitrogen and oxygen atoms in total. The lowest BCUT2D eigenvalue weighted by molar-refractivity contribution is 0.660. The normalized spacial score (nSPS) is 16.0. The summed E-state index contributed by atoms with van der Waals surface area (Å²) < 4.78 is 0. The maximum atomic E-state index is 2.58. The molecule has 0 bridgehead atoms. The zero-order chi connectivity index (χ0) is 41.6. The third-order valence-corrected chi connectivity index (χ3v) is 15.0. The Hall–Kier alpha value is -7.74. The molecule has 63 heavy (non-hydrogen) atoms. The van der Waals surface area contributed by atoms with Crippen molar-refractivity contribution in [2.24, 2.45) is 0 Å². The van der Waals surface area contributed by atoms with Gasteiger partial charge in [-0.25, -0.2) is 0 Å². The van der Waals surface area contributed by atoms with Crippen molar-refractivity contribution in [3.8, 4) is 66.8 Å². The molecule has 0 fully saturated rings.